The molecule has 0 bridgehead atoms. The van der Waals surface area contributed by atoms with Gasteiger partial charge in [0.2, 0.25) is 0 Å². The molecule has 1 aromatic carbocycles. The van der Waals surface area contributed by atoms with Crippen molar-refractivity contribution in [2.24, 2.45) is 0 Å². The molecule has 0 unspecified atom stereocenters. The van der Waals surface area contributed by atoms with Crippen molar-refractivity contribution in [2.45, 2.75) is 6.92 Å². The maximum atomic E-state index is 11.8. The molecule has 1 aromatic heterocycles. The molecule has 0 fully saturated rings. The van der Waals surface area contributed by atoms with Crippen molar-refractivity contribution in [2.75, 3.05) is 6.61 Å². The lowest BCUT2D eigenvalue weighted by Crippen LogP contribution is -2.12. The highest BCUT2D eigenvalue weighted by Crippen LogP contribution is 2.16. The van der Waals surface area contributed by atoms with Crippen LogP contribution in [0.15, 0.2) is 33.5 Å². The minimum Gasteiger partial charge on any atom is -0.461 e. The predicted octanol–water partition coefficient (Wildman–Crippen LogP) is 2.47. The first-order valence-electron chi connectivity index (χ1n) is 5.11. The fourth-order valence-electron chi connectivity index (χ4n) is 1.54. The van der Waals surface area contributed by atoms with Gasteiger partial charge in [0.25, 0.3) is 0 Å². The van der Waals surface area contributed by atoms with Gasteiger partial charge in [-0.05, 0) is 25.1 Å². The number of pyridine rings is 1. The predicted molar refractivity (Wildman–Crippen MR) is 68.2 cm³/mol. The molecule has 0 aliphatic heterocycles. The Morgan fingerprint density at radius 1 is 1.41 bits per heavy atom. The summed E-state index contributed by atoms with van der Waals surface area (Å²) in [6.07, 6.45) is 0. The topological polar surface area (TPSA) is 59.2 Å². The molecule has 5 heteroatoms. The molecule has 0 aliphatic rings. The summed E-state index contributed by atoms with van der Waals surface area (Å²) in [6, 6.07) is 6.49. The molecule has 17 heavy (non-hydrogen) atoms. The number of benzene rings is 1. The Hall–Kier alpha value is -1.62. The average molecular weight is 296 g/mol. The first-order chi connectivity index (χ1) is 8.11. The summed E-state index contributed by atoms with van der Waals surface area (Å²) in [7, 11) is 0. The first-order valence-corrected chi connectivity index (χ1v) is 5.91. The van der Waals surface area contributed by atoms with Crippen LogP contribution < -0.4 is 5.43 Å². The normalized spacial score (nSPS) is 10.5. The Kier molecular flexibility index (Phi) is 3.28. The van der Waals surface area contributed by atoms with Gasteiger partial charge >= 0.3 is 5.97 Å². The first kappa shape index (κ1) is 11.9. The number of aromatic nitrogens is 1. The third-order valence-electron chi connectivity index (χ3n) is 2.29. The van der Waals surface area contributed by atoms with Crippen molar-refractivity contribution in [1.82, 2.24) is 4.98 Å². The molecular weight excluding hydrogens is 286 g/mol. The second-order valence-corrected chi connectivity index (χ2v) is 4.37. The number of halogens is 1. The fourth-order valence-corrected chi connectivity index (χ4v) is 1.90. The summed E-state index contributed by atoms with van der Waals surface area (Å²) < 4.78 is 5.68. The van der Waals surface area contributed by atoms with E-state index in [-0.39, 0.29) is 17.7 Å². The molecule has 1 N–H and O–H groups in total. The van der Waals surface area contributed by atoms with Gasteiger partial charge in [0.05, 0.1) is 12.1 Å². The second kappa shape index (κ2) is 4.71. The molecule has 1 heterocycles. The Morgan fingerprint density at radius 2 is 2.18 bits per heavy atom. The molecule has 0 amide bonds. The molecule has 0 aliphatic carbocycles. The number of carbonyl (C=O) groups is 1. The van der Waals surface area contributed by atoms with E-state index in [0.29, 0.717) is 10.9 Å². The molecule has 0 saturated heterocycles. The van der Waals surface area contributed by atoms with Crippen molar-refractivity contribution < 1.29 is 9.53 Å². The summed E-state index contributed by atoms with van der Waals surface area (Å²) in [4.78, 5) is 26.2. The Morgan fingerprint density at radius 3 is 2.88 bits per heavy atom. The van der Waals surface area contributed by atoms with E-state index < -0.39 is 5.97 Å². The van der Waals surface area contributed by atoms with Crippen LogP contribution >= 0.6 is 15.9 Å². The average Bonchev–Trinajstić information content (AvgIpc) is 2.28. The number of ether oxygens (including phenoxy) is 1. The van der Waals surface area contributed by atoms with Crippen LogP contribution in [-0.4, -0.2) is 17.6 Å². The number of hydrogen-bond donors (Lipinski definition) is 1. The lowest BCUT2D eigenvalue weighted by atomic mass is 10.2. The zero-order valence-corrected chi connectivity index (χ0v) is 10.7. The number of esters is 1. The molecule has 0 radical (unpaired) electrons. The van der Waals surface area contributed by atoms with Crippen LogP contribution in [0.3, 0.4) is 0 Å². The summed E-state index contributed by atoms with van der Waals surface area (Å²) in [5.41, 5.74) is 0.576. The quantitative estimate of drug-likeness (QED) is 0.866. The highest BCUT2D eigenvalue weighted by molar-refractivity contribution is 9.10. The van der Waals surface area contributed by atoms with E-state index in [0.717, 1.165) is 4.47 Å². The largest absolute Gasteiger partial charge is 0.461 e. The molecule has 2 rings (SSSR count). The standard InChI is InChI=1S/C12H10BrNO3/c1-2-17-12(16)10-6-11(15)8-4-3-7(13)5-9(8)14-10/h3-6H,2H2,1H3,(H,14,15). The van der Waals surface area contributed by atoms with Gasteiger partial charge in [-0.2, -0.15) is 0 Å². The Labute approximate surface area is 106 Å². The van der Waals surface area contributed by atoms with Gasteiger partial charge < -0.3 is 9.72 Å². The second-order valence-electron chi connectivity index (χ2n) is 3.46. The highest BCUT2D eigenvalue weighted by Gasteiger charge is 2.10. The molecule has 0 spiro atoms. The number of carbonyl (C=O) groups excluding carboxylic acids is 1. The number of rotatable bonds is 2. The lowest BCUT2D eigenvalue weighted by molar-refractivity contribution is 0.0520. The molecular formula is C12H10BrNO3. The van der Waals surface area contributed by atoms with Crippen LogP contribution in [0.5, 0.6) is 0 Å². The van der Waals surface area contributed by atoms with Crippen LogP contribution in [0.4, 0.5) is 0 Å². The minimum atomic E-state index is -0.522. The van der Waals surface area contributed by atoms with Gasteiger partial charge in [-0.15, -0.1) is 0 Å². The van der Waals surface area contributed by atoms with Crippen molar-refractivity contribution in [1.29, 1.82) is 0 Å². The van der Waals surface area contributed by atoms with E-state index in [9.17, 15) is 9.59 Å². The maximum Gasteiger partial charge on any atom is 0.354 e. The number of nitrogens with one attached hydrogen (secondary N) is 1. The van der Waals surface area contributed by atoms with Crippen LogP contribution in [0.25, 0.3) is 10.9 Å². The number of fused-ring (bicyclic) bond motifs is 1. The van der Waals surface area contributed by atoms with E-state index in [1.165, 1.54) is 6.07 Å². The van der Waals surface area contributed by atoms with E-state index in [4.69, 9.17) is 4.74 Å². The van der Waals surface area contributed by atoms with Gasteiger partial charge in [0.15, 0.2) is 5.43 Å². The van der Waals surface area contributed by atoms with E-state index in [2.05, 4.69) is 20.9 Å². The van der Waals surface area contributed by atoms with Gasteiger partial charge in [-0.3, -0.25) is 4.79 Å². The van der Waals surface area contributed by atoms with E-state index in [1.54, 1.807) is 25.1 Å². The monoisotopic (exact) mass is 295 g/mol. The Bertz CT molecular complexity index is 633. The van der Waals surface area contributed by atoms with Crippen molar-refractivity contribution in [3.63, 3.8) is 0 Å². The third kappa shape index (κ3) is 2.39. The lowest BCUT2D eigenvalue weighted by Gasteiger charge is -2.04. The van der Waals surface area contributed by atoms with E-state index >= 15 is 0 Å². The molecule has 88 valence electrons. The van der Waals surface area contributed by atoms with Crippen LogP contribution in [0.1, 0.15) is 17.4 Å². The number of aromatic amines is 1. The summed E-state index contributed by atoms with van der Waals surface area (Å²) in [5, 5.41) is 0.543. The SMILES string of the molecule is CCOC(=O)c1cc(=O)c2ccc(Br)cc2[nH]1. The molecule has 2 aromatic rings. The smallest absolute Gasteiger partial charge is 0.354 e. The van der Waals surface area contributed by atoms with E-state index in [1.807, 2.05) is 0 Å². The van der Waals surface area contributed by atoms with Crippen LogP contribution in [-0.2, 0) is 4.74 Å². The van der Waals surface area contributed by atoms with Crippen LogP contribution in [0.2, 0.25) is 0 Å². The summed E-state index contributed by atoms with van der Waals surface area (Å²) >= 11 is 3.31. The van der Waals surface area contributed by atoms with Gasteiger partial charge in [-0.1, -0.05) is 15.9 Å². The third-order valence-corrected chi connectivity index (χ3v) is 2.78. The zero-order chi connectivity index (χ0) is 12.4. The number of hydrogen-bond acceptors (Lipinski definition) is 3. The minimum absolute atomic E-state index is 0.169. The summed E-state index contributed by atoms with van der Waals surface area (Å²) in [6.45, 7) is 1.99. The Balaban J connectivity index is 2.61. The van der Waals surface area contributed by atoms with Crippen molar-refractivity contribution in [3.05, 3.63) is 44.7 Å². The highest BCUT2D eigenvalue weighted by atomic mass is 79.9. The van der Waals surface area contributed by atoms with Gasteiger partial charge in [0, 0.05) is 15.9 Å². The summed E-state index contributed by atoms with van der Waals surface area (Å²) in [5.74, 6) is -0.522. The number of H-pyrrole nitrogens is 1. The zero-order valence-electron chi connectivity index (χ0n) is 9.12. The van der Waals surface area contributed by atoms with Gasteiger partial charge in [-0.25, -0.2) is 4.79 Å². The molecule has 4 nitrogen and oxygen atoms in total. The maximum absolute atomic E-state index is 11.8. The van der Waals surface area contributed by atoms with Gasteiger partial charge in [0.1, 0.15) is 5.69 Å². The van der Waals surface area contributed by atoms with Crippen molar-refractivity contribution >= 4 is 32.8 Å². The van der Waals surface area contributed by atoms with Crippen LogP contribution in [0, 0.1) is 0 Å². The fraction of sp³-hybridized carbons (Fsp3) is 0.167. The van der Waals surface area contributed by atoms with Crippen molar-refractivity contribution in [3.8, 4) is 0 Å². The molecule has 0 atom stereocenters. The molecule has 0 saturated carbocycles.